The van der Waals surface area contributed by atoms with E-state index in [2.05, 4.69) is 130 Å². The fourth-order valence-corrected chi connectivity index (χ4v) is 6.16. The zero-order valence-corrected chi connectivity index (χ0v) is 39.1. The highest BCUT2D eigenvalue weighted by molar-refractivity contribution is 5.71. The number of esters is 3. The summed E-state index contributed by atoms with van der Waals surface area (Å²) >= 11 is 0. The summed E-state index contributed by atoms with van der Waals surface area (Å²) in [7, 11) is 0. The zero-order chi connectivity index (χ0) is 44.4. The highest BCUT2D eigenvalue weighted by Gasteiger charge is 2.19. The highest BCUT2D eigenvalue weighted by atomic mass is 16.6. The maximum atomic E-state index is 12.7. The molecule has 0 amide bonds. The van der Waals surface area contributed by atoms with Gasteiger partial charge in [-0.05, 0) is 103 Å². The van der Waals surface area contributed by atoms with Crippen molar-refractivity contribution < 1.29 is 28.6 Å². The van der Waals surface area contributed by atoms with Crippen LogP contribution in [0.2, 0.25) is 0 Å². The van der Waals surface area contributed by atoms with E-state index < -0.39 is 6.10 Å². The number of carbonyl (C=O) groups is 3. The molecular formula is C55H88O6. The molecule has 0 aliphatic rings. The topological polar surface area (TPSA) is 78.9 Å². The molecule has 6 nitrogen and oxygen atoms in total. The summed E-state index contributed by atoms with van der Waals surface area (Å²) < 4.78 is 16.7. The van der Waals surface area contributed by atoms with Gasteiger partial charge in [0.15, 0.2) is 6.10 Å². The monoisotopic (exact) mass is 845 g/mol. The van der Waals surface area contributed by atoms with Crippen molar-refractivity contribution in [1.82, 2.24) is 0 Å². The number of hydrogen-bond donors (Lipinski definition) is 0. The second-order valence-corrected chi connectivity index (χ2v) is 15.6. The first-order chi connectivity index (χ1) is 30.0. The minimum Gasteiger partial charge on any atom is -0.462 e. The molecule has 0 aromatic carbocycles. The minimum atomic E-state index is -0.803. The van der Waals surface area contributed by atoms with E-state index >= 15 is 0 Å². The molecule has 1 atom stereocenters. The van der Waals surface area contributed by atoms with Crippen LogP contribution in [-0.2, 0) is 28.6 Å². The van der Waals surface area contributed by atoms with Crippen molar-refractivity contribution >= 4 is 17.9 Å². The lowest BCUT2D eigenvalue weighted by Crippen LogP contribution is -2.30. The van der Waals surface area contributed by atoms with Crippen LogP contribution in [-0.4, -0.2) is 37.2 Å². The van der Waals surface area contributed by atoms with E-state index in [0.717, 1.165) is 135 Å². The van der Waals surface area contributed by atoms with Gasteiger partial charge < -0.3 is 14.2 Å². The van der Waals surface area contributed by atoms with Crippen LogP contribution >= 0.6 is 0 Å². The standard InChI is InChI=1S/C55H88O6/c1-4-7-10-13-16-18-20-22-24-26-27-29-30-32-34-36-39-42-45-48-54(57)60-51-52(50-59-53(56)47-44-41-38-15-12-9-6-3)61-55(58)49-46-43-40-37-35-33-31-28-25-23-21-19-17-14-11-8-5-2/h7-8,10-11,16-19,22-25,27,29,31-34,52H,4-6,9,12-15,20-21,26,28,30,35-51H2,1-3H3/b10-7-,11-8-,18-16-,19-17-,24-22-,25-23-,29-27-,33-31-,34-32-. The van der Waals surface area contributed by atoms with Crippen molar-refractivity contribution in [2.24, 2.45) is 0 Å². The average molecular weight is 845 g/mol. The Morgan fingerprint density at radius 2 is 0.639 bits per heavy atom. The van der Waals surface area contributed by atoms with Crippen molar-refractivity contribution in [2.75, 3.05) is 13.2 Å². The quantitative estimate of drug-likeness (QED) is 0.0264. The lowest BCUT2D eigenvalue weighted by atomic mass is 10.1. The molecule has 0 fully saturated rings. The minimum absolute atomic E-state index is 0.101. The number of ether oxygens (including phenoxy) is 3. The third kappa shape index (κ3) is 47.0. The maximum absolute atomic E-state index is 12.7. The van der Waals surface area contributed by atoms with Gasteiger partial charge in [0.2, 0.25) is 0 Å². The normalized spacial score (nSPS) is 13.0. The van der Waals surface area contributed by atoms with E-state index in [4.69, 9.17) is 14.2 Å². The molecule has 0 aliphatic carbocycles. The third-order valence-corrected chi connectivity index (χ3v) is 9.77. The zero-order valence-electron chi connectivity index (χ0n) is 39.1. The first-order valence-electron chi connectivity index (χ1n) is 24.4. The van der Waals surface area contributed by atoms with Gasteiger partial charge in [0, 0.05) is 19.3 Å². The van der Waals surface area contributed by atoms with E-state index in [-0.39, 0.29) is 37.5 Å². The van der Waals surface area contributed by atoms with Gasteiger partial charge in [0.05, 0.1) is 0 Å². The molecule has 0 spiro atoms. The van der Waals surface area contributed by atoms with Gasteiger partial charge in [-0.2, -0.15) is 0 Å². The molecule has 0 heterocycles. The van der Waals surface area contributed by atoms with Gasteiger partial charge in [-0.15, -0.1) is 0 Å². The molecule has 0 N–H and O–H groups in total. The summed E-state index contributed by atoms with van der Waals surface area (Å²) in [4.78, 5) is 37.7. The molecule has 6 heteroatoms. The highest BCUT2D eigenvalue weighted by Crippen LogP contribution is 2.12. The average Bonchev–Trinajstić information content (AvgIpc) is 3.26. The molecule has 1 unspecified atom stereocenters. The Hall–Kier alpha value is -3.93. The number of unbranched alkanes of at least 4 members (excludes halogenated alkanes) is 13. The van der Waals surface area contributed by atoms with Crippen LogP contribution in [0.5, 0.6) is 0 Å². The van der Waals surface area contributed by atoms with Crippen LogP contribution in [0.4, 0.5) is 0 Å². The Balaban J connectivity index is 4.41. The molecule has 0 radical (unpaired) electrons. The van der Waals surface area contributed by atoms with Crippen LogP contribution in [0.3, 0.4) is 0 Å². The largest absolute Gasteiger partial charge is 0.462 e. The number of allylic oxidation sites excluding steroid dienone is 18. The van der Waals surface area contributed by atoms with Crippen LogP contribution < -0.4 is 0 Å². The summed E-state index contributed by atoms with van der Waals surface area (Å²) in [5.74, 6) is -0.974. The molecular weight excluding hydrogens is 757 g/mol. The van der Waals surface area contributed by atoms with Gasteiger partial charge in [0.1, 0.15) is 13.2 Å². The first kappa shape index (κ1) is 57.1. The van der Waals surface area contributed by atoms with Gasteiger partial charge in [-0.3, -0.25) is 14.4 Å². The van der Waals surface area contributed by atoms with Crippen LogP contribution in [0.25, 0.3) is 0 Å². The second kappa shape index (κ2) is 48.7. The SMILES string of the molecule is CC/C=C\C/C=C\C/C=C\C/C=C\C/C=C\CCCCCC(=O)OCC(COC(=O)CCCCCCCCC)OC(=O)CCCCCC/C=C\C/C=C\C/C=C\C/C=C\CC. The van der Waals surface area contributed by atoms with Crippen LogP contribution in [0, 0.1) is 0 Å². The molecule has 61 heavy (non-hydrogen) atoms. The number of carbonyl (C=O) groups excluding carboxylic acids is 3. The van der Waals surface area contributed by atoms with E-state index in [1.54, 1.807) is 0 Å². The van der Waals surface area contributed by atoms with Crippen molar-refractivity contribution in [3.63, 3.8) is 0 Å². The molecule has 0 saturated carbocycles. The van der Waals surface area contributed by atoms with Crippen molar-refractivity contribution in [3.8, 4) is 0 Å². The molecule has 0 aliphatic heterocycles. The molecule has 344 valence electrons. The predicted molar refractivity (Wildman–Crippen MR) is 260 cm³/mol. The Morgan fingerprint density at radius 1 is 0.344 bits per heavy atom. The van der Waals surface area contributed by atoms with E-state index in [1.807, 2.05) is 0 Å². The summed E-state index contributed by atoms with van der Waals surface area (Å²) in [6.07, 6.45) is 65.1. The van der Waals surface area contributed by atoms with Crippen molar-refractivity contribution in [1.29, 1.82) is 0 Å². The second-order valence-electron chi connectivity index (χ2n) is 15.6. The molecule has 0 aromatic rings. The van der Waals surface area contributed by atoms with Gasteiger partial charge >= 0.3 is 17.9 Å². The number of rotatable bonds is 42. The number of hydrogen-bond acceptors (Lipinski definition) is 6. The Bertz CT molecular complexity index is 1290. The summed E-state index contributed by atoms with van der Waals surface area (Å²) in [5.41, 5.74) is 0. The van der Waals surface area contributed by atoms with E-state index in [1.165, 1.54) is 25.7 Å². The van der Waals surface area contributed by atoms with Gasteiger partial charge in [0.25, 0.3) is 0 Å². The van der Waals surface area contributed by atoms with Gasteiger partial charge in [-0.1, -0.05) is 188 Å². The Morgan fingerprint density at radius 3 is 1.02 bits per heavy atom. The molecule has 0 rings (SSSR count). The fourth-order valence-electron chi connectivity index (χ4n) is 6.16. The van der Waals surface area contributed by atoms with Crippen molar-refractivity contribution in [2.45, 2.75) is 207 Å². The lowest BCUT2D eigenvalue weighted by molar-refractivity contribution is -0.167. The van der Waals surface area contributed by atoms with E-state index in [9.17, 15) is 14.4 Å². The summed E-state index contributed by atoms with van der Waals surface area (Å²) in [6, 6.07) is 0. The molecule has 0 aromatic heterocycles. The predicted octanol–water partition coefficient (Wildman–Crippen LogP) is 16.0. The summed E-state index contributed by atoms with van der Waals surface area (Å²) in [6.45, 7) is 6.29. The lowest BCUT2D eigenvalue weighted by Gasteiger charge is -2.18. The van der Waals surface area contributed by atoms with E-state index in [0.29, 0.717) is 12.8 Å². The Kier molecular flexibility index (Phi) is 45.6. The molecule has 0 saturated heterocycles. The molecule has 0 bridgehead atoms. The fraction of sp³-hybridized carbons (Fsp3) is 0.618. The summed E-state index contributed by atoms with van der Waals surface area (Å²) in [5, 5.41) is 0. The van der Waals surface area contributed by atoms with Crippen LogP contribution in [0.1, 0.15) is 201 Å². The van der Waals surface area contributed by atoms with Crippen LogP contribution in [0.15, 0.2) is 109 Å². The third-order valence-electron chi connectivity index (χ3n) is 9.77. The smallest absolute Gasteiger partial charge is 0.306 e. The van der Waals surface area contributed by atoms with Crippen molar-refractivity contribution in [3.05, 3.63) is 109 Å². The van der Waals surface area contributed by atoms with Gasteiger partial charge in [-0.25, -0.2) is 0 Å². The maximum Gasteiger partial charge on any atom is 0.306 e. The Labute approximate surface area is 374 Å². The first-order valence-corrected chi connectivity index (χ1v) is 24.4.